The first-order valence-corrected chi connectivity index (χ1v) is 3.60. The van der Waals surface area contributed by atoms with Gasteiger partial charge in [-0.2, -0.15) is 0 Å². The van der Waals surface area contributed by atoms with Crippen LogP contribution in [0.4, 0.5) is 14.5 Å². The second kappa shape index (κ2) is 3.13. The summed E-state index contributed by atoms with van der Waals surface area (Å²) < 4.78 is 24.4. The third-order valence-corrected chi connectivity index (χ3v) is 1.83. The van der Waals surface area contributed by atoms with E-state index < -0.39 is 6.43 Å². The quantitative estimate of drug-likeness (QED) is 0.742. The molecule has 0 aliphatic rings. The van der Waals surface area contributed by atoms with Crippen LogP contribution >= 0.6 is 15.9 Å². The lowest BCUT2D eigenvalue weighted by Gasteiger charge is -2.04. The lowest BCUT2D eigenvalue weighted by molar-refractivity contribution is 0.151. The lowest BCUT2D eigenvalue weighted by atomic mass is 10.2. The number of nitrogens with two attached hydrogens (primary N) is 1. The predicted octanol–water partition coefficient (Wildman–Crippen LogP) is 2.36. The Bertz CT molecular complexity index is 245. The number of rotatable bonds is 1. The Morgan fingerprint density at radius 1 is 1.55 bits per heavy atom. The molecule has 60 valence electrons. The fraction of sp³-hybridized carbons (Fsp3) is 0.167. The molecule has 1 heterocycles. The second-order valence-corrected chi connectivity index (χ2v) is 2.66. The standard InChI is InChI=1S/C6H5BrF2N2/c7-5-4(6(8)9)3(10)1-2-11-5/h1-2,6H,(H2,10,11). The van der Waals surface area contributed by atoms with E-state index in [0.717, 1.165) is 0 Å². The average Bonchev–Trinajstić information content (AvgIpc) is 1.85. The van der Waals surface area contributed by atoms with Gasteiger partial charge >= 0.3 is 0 Å². The summed E-state index contributed by atoms with van der Waals surface area (Å²) in [7, 11) is 0. The number of nitrogens with zero attached hydrogens (tertiary/aromatic N) is 1. The molecular weight excluding hydrogens is 218 g/mol. The summed E-state index contributed by atoms with van der Waals surface area (Å²) in [6, 6.07) is 1.34. The normalized spacial score (nSPS) is 10.5. The summed E-state index contributed by atoms with van der Waals surface area (Å²) in [6.45, 7) is 0. The van der Waals surface area contributed by atoms with E-state index in [2.05, 4.69) is 20.9 Å². The monoisotopic (exact) mass is 222 g/mol. The molecule has 0 amide bonds. The molecule has 2 N–H and O–H groups in total. The zero-order valence-corrected chi connectivity index (χ0v) is 6.98. The topological polar surface area (TPSA) is 38.9 Å². The van der Waals surface area contributed by atoms with Crippen LogP contribution in [0.2, 0.25) is 0 Å². The van der Waals surface area contributed by atoms with Crippen molar-refractivity contribution in [2.24, 2.45) is 0 Å². The Morgan fingerprint density at radius 3 is 2.55 bits per heavy atom. The summed E-state index contributed by atoms with van der Waals surface area (Å²) in [5.41, 5.74) is 5.09. The van der Waals surface area contributed by atoms with Crippen LogP contribution in [0.3, 0.4) is 0 Å². The SMILES string of the molecule is Nc1ccnc(Br)c1C(F)F. The highest BCUT2D eigenvalue weighted by Gasteiger charge is 2.15. The number of nitrogen functional groups attached to an aromatic ring is 1. The van der Waals surface area contributed by atoms with E-state index in [1.165, 1.54) is 12.3 Å². The minimum absolute atomic E-state index is 0.0573. The molecule has 0 aliphatic carbocycles. The van der Waals surface area contributed by atoms with E-state index in [1.54, 1.807) is 0 Å². The van der Waals surface area contributed by atoms with Crippen LogP contribution < -0.4 is 5.73 Å². The van der Waals surface area contributed by atoms with Crippen LogP contribution in [0.1, 0.15) is 12.0 Å². The van der Waals surface area contributed by atoms with Crippen LogP contribution in [-0.4, -0.2) is 4.98 Å². The maximum atomic E-state index is 12.1. The number of pyridine rings is 1. The maximum Gasteiger partial charge on any atom is 0.268 e. The Balaban J connectivity index is 3.21. The van der Waals surface area contributed by atoms with Crippen molar-refractivity contribution in [2.75, 3.05) is 5.73 Å². The minimum atomic E-state index is -2.59. The van der Waals surface area contributed by atoms with Crippen molar-refractivity contribution in [2.45, 2.75) is 6.43 Å². The number of aromatic nitrogens is 1. The first kappa shape index (κ1) is 8.39. The van der Waals surface area contributed by atoms with Crippen LogP contribution in [0.5, 0.6) is 0 Å². The fourth-order valence-electron chi connectivity index (χ4n) is 0.677. The summed E-state index contributed by atoms with van der Waals surface area (Å²) in [5, 5.41) is 0. The first-order valence-electron chi connectivity index (χ1n) is 2.81. The van der Waals surface area contributed by atoms with Gasteiger partial charge in [0.2, 0.25) is 0 Å². The molecule has 0 atom stereocenters. The largest absolute Gasteiger partial charge is 0.398 e. The number of hydrogen-bond donors (Lipinski definition) is 1. The average molecular weight is 223 g/mol. The third-order valence-electron chi connectivity index (χ3n) is 1.19. The van der Waals surface area contributed by atoms with Crippen molar-refractivity contribution in [3.8, 4) is 0 Å². The van der Waals surface area contributed by atoms with Gasteiger partial charge in [0, 0.05) is 11.9 Å². The van der Waals surface area contributed by atoms with Crippen molar-refractivity contribution < 1.29 is 8.78 Å². The van der Waals surface area contributed by atoms with Gasteiger partial charge in [-0.25, -0.2) is 13.8 Å². The Hall–Kier alpha value is -0.710. The number of anilines is 1. The highest BCUT2D eigenvalue weighted by Crippen LogP contribution is 2.29. The molecule has 0 aromatic carbocycles. The predicted molar refractivity (Wildman–Crippen MR) is 41.3 cm³/mol. The molecule has 1 rings (SSSR count). The van der Waals surface area contributed by atoms with Gasteiger partial charge in [0.05, 0.1) is 5.56 Å². The highest BCUT2D eigenvalue weighted by atomic mass is 79.9. The summed E-state index contributed by atoms with van der Waals surface area (Å²) >= 11 is 2.88. The molecule has 0 unspecified atom stereocenters. The molecule has 0 fully saturated rings. The molecular formula is C6H5BrF2N2. The molecule has 0 saturated carbocycles. The van der Waals surface area contributed by atoms with Gasteiger partial charge in [-0.05, 0) is 22.0 Å². The lowest BCUT2D eigenvalue weighted by Crippen LogP contribution is -1.97. The van der Waals surface area contributed by atoms with E-state index in [-0.39, 0.29) is 15.9 Å². The minimum Gasteiger partial charge on any atom is -0.398 e. The van der Waals surface area contributed by atoms with E-state index >= 15 is 0 Å². The molecule has 1 aromatic rings. The van der Waals surface area contributed by atoms with Crippen LogP contribution in [-0.2, 0) is 0 Å². The Morgan fingerprint density at radius 2 is 2.18 bits per heavy atom. The van der Waals surface area contributed by atoms with E-state index in [0.29, 0.717) is 0 Å². The summed E-state index contributed by atoms with van der Waals surface area (Å²) in [4.78, 5) is 3.62. The first-order chi connectivity index (χ1) is 5.13. The van der Waals surface area contributed by atoms with E-state index in [4.69, 9.17) is 5.73 Å². The number of hydrogen-bond acceptors (Lipinski definition) is 2. The van der Waals surface area contributed by atoms with Crippen molar-refractivity contribution in [1.82, 2.24) is 4.98 Å². The second-order valence-electron chi connectivity index (χ2n) is 1.91. The van der Waals surface area contributed by atoms with Gasteiger partial charge in [0.25, 0.3) is 6.43 Å². The van der Waals surface area contributed by atoms with Gasteiger partial charge in [0.1, 0.15) is 4.60 Å². The molecule has 0 aliphatic heterocycles. The van der Waals surface area contributed by atoms with Gasteiger partial charge in [-0.15, -0.1) is 0 Å². The molecule has 0 saturated heterocycles. The Kier molecular flexibility index (Phi) is 2.38. The Labute approximate surface area is 70.6 Å². The van der Waals surface area contributed by atoms with Crippen LogP contribution in [0.25, 0.3) is 0 Å². The summed E-state index contributed by atoms with van der Waals surface area (Å²) in [6.07, 6.45) is -1.22. The number of alkyl halides is 2. The fourth-order valence-corrected chi connectivity index (χ4v) is 1.20. The van der Waals surface area contributed by atoms with Gasteiger partial charge in [-0.1, -0.05) is 0 Å². The molecule has 2 nitrogen and oxygen atoms in total. The zero-order valence-electron chi connectivity index (χ0n) is 5.39. The maximum absolute atomic E-state index is 12.1. The van der Waals surface area contributed by atoms with Crippen LogP contribution in [0.15, 0.2) is 16.9 Å². The molecule has 1 aromatic heterocycles. The van der Waals surface area contributed by atoms with Crippen molar-refractivity contribution in [1.29, 1.82) is 0 Å². The smallest absolute Gasteiger partial charge is 0.268 e. The summed E-state index contributed by atoms with van der Waals surface area (Å²) in [5.74, 6) is 0. The van der Waals surface area contributed by atoms with Gasteiger partial charge in [0.15, 0.2) is 0 Å². The molecule has 0 bridgehead atoms. The molecule has 0 spiro atoms. The van der Waals surface area contributed by atoms with Gasteiger partial charge < -0.3 is 5.73 Å². The van der Waals surface area contributed by atoms with Crippen molar-refractivity contribution in [3.63, 3.8) is 0 Å². The third kappa shape index (κ3) is 1.65. The van der Waals surface area contributed by atoms with E-state index in [1.807, 2.05) is 0 Å². The molecule has 5 heteroatoms. The van der Waals surface area contributed by atoms with E-state index in [9.17, 15) is 8.78 Å². The van der Waals surface area contributed by atoms with Crippen molar-refractivity contribution in [3.05, 3.63) is 22.4 Å². The molecule has 0 radical (unpaired) electrons. The zero-order chi connectivity index (χ0) is 8.43. The highest BCUT2D eigenvalue weighted by molar-refractivity contribution is 9.10. The van der Waals surface area contributed by atoms with Crippen molar-refractivity contribution >= 4 is 21.6 Å². The van der Waals surface area contributed by atoms with Gasteiger partial charge in [-0.3, -0.25) is 0 Å². The molecule has 11 heavy (non-hydrogen) atoms. The van der Waals surface area contributed by atoms with Crippen LogP contribution in [0, 0.1) is 0 Å². The number of halogens is 3.